The lowest BCUT2D eigenvalue weighted by molar-refractivity contribution is -0.141. The molecule has 1 aromatic heterocycles. The first-order valence-electron chi connectivity index (χ1n) is 8.45. The summed E-state index contributed by atoms with van der Waals surface area (Å²) in [7, 11) is 0. The summed E-state index contributed by atoms with van der Waals surface area (Å²) in [6.07, 6.45) is 0.0823. The van der Waals surface area contributed by atoms with Crippen molar-refractivity contribution in [2.75, 3.05) is 6.61 Å². The van der Waals surface area contributed by atoms with E-state index in [1.807, 2.05) is 20.8 Å². The minimum Gasteiger partial charge on any atom is -0.457 e. The summed E-state index contributed by atoms with van der Waals surface area (Å²) in [5, 5.41) is 3.43. The largest absolute Gasteiger partial charge is 0.457 e. The molecule has 0 aliphatic carbocycles. The van der Waals surface area contributed by atoms with Gasteiger partial charge in [0.1, 0.15) is 0 Å². The fourth-order valence-electron chi connectivity index (χ4n) is 2.09. The van der Waals surface area contributed by atoms with E-state index in [0.717, 1.165) is 10.4 Å². The van der Waals surface area contributed by atoms with Gasteiger partial charge in [0.15, 0.2) is 6.61 Å². The predicted molar refractivity (Wildman–Crippen MR) is 106 cm³/mol. The van der Waals surface area contributed by atoms with Gasteiger partial charge in [0, 0.05) is 15.3 Å². The predicted octanol–water partition coefficient (Wildman–Crippen LogP) is 4.03. The second kappa shape index (κ2) is 9.15. The van der Waals surface area contributed by atoms with Crippen LogP contribution in [0.5, 0.6) is 0 Å². The van der Waals surface area contributed by atoms with Crippen molar-refractivity contribution in [3.8, 4) is 0 Å². The lowest BCUT2D eigenvalue weighted by atomic mass is 9.96. The van der Waals surface area contributed by atoms with E-state index < -0.39 is 11.4 Å². The summed E-state index contributed by atoms with van der Waals surface area (Å²) >= 11 is 7.08. The molecule has 1 aromatic carbocycles. The van der Waals surface area contributed by atoms with Gasteiger partial charge in [0.2, 0.25) is 11.7 Å². The average molecular weight is 408 g/mol. The van der Waals surface area contributed by atoms with Crippen LogP contribution in [-0.2, 0) is 27.3 Å². The van der Waals surface area contributed by atoms with Gasteiger partial charge in [-0.2, -0.15) is 0 Å². The number of nitrogens with one attached hydrogen (secondary N) is 1. The Hall–Kier alpha value is -2.18. The number of ether oxygens (including phenoxy) is 1. The van der Waals surface area contributed by atoms with E-state index in [1.54, 1.807) is 36.4 Å². The van der Waals surface area contributed by atoms with Gasteiger partial charge < -0.3 is 10.1 Å². The first-order chi connectivity index (χ1) is 12.6. The number of hydrogen-bond acceptors (Lipinski definition) is 5. The zero-order valence-electron chi connectivity index (χ0n) is 15.5. The van der Waals surface area contributed by atoms with Crippen LogP contribution in [0.15, 0.2) is 36.4 Å². The number of esters is 1. The minimum atomic E-state index is -0.472. The van der Waals surface area contributed by atoms with Gasteiger partial charge in [-0.05, 0) is 29.8 Å². The van der Waals surface area contributed by atoms with Gasteiger partial charge in [-0.15, -0.1) is 11.3 Å². The third-order valence-electron chi connectivity index (χ3n) is 3.67. The normalized spacial score (nSPS) is 11.1. The topological polar surface area (TPSA) is 72.5 Å². The molecule has 5 nitrogen and oxygen atoms in total. The van der Waals surface area contributed by atoms with Crippen molar-refractivity contribution in [3.05, 3.63) is 56.7 Å². The van der Waals surface area contributed by atoms with Gasteiger partial charge >= 0.3 is 5.97 Å². The van der Waals surface area contributed by atoms with E-state index in [4.69, 9.17) is 16.3 Å². The number of Topliss-reactive ketones (excluding diaryl/α,β-unsaturated/α-hetero) is 1. The highest BCUT2D eigenvalue weighted by atomic mass is 35.5. The third kappa shape index (κ3) is 6.81. The van der Waals surface area contributed by atoms with Crippen molar-refractivity contribution in [1.82, 2.24) is 5.32 Å². The molecular formula is C20H22ClNO4S. The highest BCUT2D eigenvalue weighted by molar-refractivity contribution is 7.14. The Morgan fingerprint density at radius 1 is 1.07 bits per heavy atom. The maximum Gasteiger partial charge on any atom is 0.310 e. The zero-order valence-corrected chi connectivity index (χ0v) is 17.1. The molecule has 0 spiro atoms. The van der Waals surface area contributed by atoms with Gasteiger partial charge in [0.25, 0.3) is 0 Å². The average Bonchev–Trinajstić information content (AvgIpc) is 3.08. The van der Waals surface area contributed by atoms with E-state index >= 15 is 0 Å². The van der Waals surface area contributed by atoms with E-state index in [9.17, 15) is 14.4 Å². The Morgan fingerprint density at radius 2 is 1.74 bits per heavy atom. The zero-order chi connectivity index (χ0) is 20.0. The van der Waals surface area contributed by atoms with Crippen LogP contribution >= 0.6 is 22.9 Å². The number of ketones is 1. The molecule has 0 saturated carbocycles. The van der Waals surface area contributed by atoms with E-state index in [-0.39, 0.29) is 24.7 Å². The third-order valence-corrected chi connectivity index (χ3v) is 5.05. The second-order valence-electron chi connectivity index (χ2n) is 7.09. The van der Waals surface area contributed by atoms with E-state index in [0.29, 0.717) is 16.4 Å². The van der Waals surface area contributed by atoms with Gasteiger partial charge in [-0.3, -0.25) is 14.4 Å². The first kappa shape index (κ1) is 21.1. The van der Waals surface area contributed by atoms with Crippen molar-refractivity contribution in [2.24, 2.45) is 5.41 Å². The van der Waals surface area contributed by atoms with Crippen molar-refractivity contribution in [3.63, 3.8) is 0 Å². The molecule has 144 valence electrons. The molecule has 0 aliphatic rings. The van der Waals surface area contributed by atoms with E-state index in [2.05, 4.69) is 5.32 Å². The Balaban J connectivity index is 1.80. The SMILES string of the molecule is CC(C)(C)C(=O)NCc1ccc(C(=O)COC(=O)Cc2ccc(Cl)cc2)s1. The van der Waals surface area contributed by atoms with Crippen LogP contribution in [0.25, 0.3) is 0 Å². The molecular weight excluding hydrogens is 386 g/mol. The molecule has 0 saturated heterocycles. The van der Waals surface area contributed by atoms with Gasteiger partial charge in [0.05, 0.1) is 17.8 Å². The molecule has 7 heteroatoms. The summed E-state index contributed by atoms with van der Waals surface area (Å²) in [4.78, 5) is 37.3. The Morgan fingerprint density at radius 3 is 2.37 bits per heavy atom. The summed E-state index contributed by atoms with van der Waals surface area (Å²) in [5.41, 5.74) is 0.304. The molecule has 27 heavy (non-hydrogen) atoms. The van der Waals surface area contributed by atoms with Crippen molar-refractivity contribution in [2.45, 2.75) is 33.7 Å². The number of thiophene rings is 1. The number of amides is 1. The van der Waals surface area contributed by atoms with Gasteiger partial charge in [-0.1, -0.05) is 44.5 Å². The van der Waals surface area contributed by atoms with Crippen LogP contribution in [0, 0.1) is 5.41 Å². The number of hydrogen-bond donors (Lipinski definition) is 1. The molecule has 0 unspecified atom stereocenters. The van der Waals surface area contributed by atoms with Crippen LogP contribution in [0.3, 0.4) is 0 Å². The fraction of sp³-hybridized carbons (Fsp3) is 0.350. The summed E-state index contributed by atoms with van der Waals surface area (Å²) < 4.78 is 5.06. The highest BCUT2D eigenvalue weighted by Gasteiger charge is 2.21. The summed E-state index contributed by atoms with van der Waals surface area (Å²) in [6.45, 7) is 5.57. The molecule has 0 bridgehead atoms. The van der Waals surface area contributed by atoms with Crippen LogP contribution in [0.4, 0.5) is 0 Å². The number of benzene rings is 1. The quantitative estimate of drug-likeness (QED) is 0.555. The van der Waals surface area contributed by atoms with Crippen LogP contribution in [-0.4, -0.2) is 24.3 Å². The molecule has 0 fully saturated rings. The fourth-order valence-corrected chi connectivity index (χ4v) is 3.09. The molecule has 2 rings (SSSR count). The van der Waals surface area contributed by atoms with Crippen molar-refractivity contribution >= 4 is 40.6 Å². The Labute approximate surface area is 167 Å². The lowest BCUT2D eigenvalue weighted by Crippen LogP contribution is -2.34. The summed E-state index contributed by atoms with van der Waals surface area (Å²) in [5.74, 6) is -0.794. The van der Waals surface area contributed by atoms with Crippen LogP contribution < -0.4 is 5.32 Å². The first-order valence-corrected chi connectivity index (χ1v) is 9.65. The second-order valence-corrected chi connectivity index (χ2v) is 8.69. The maximum atomic E-state index is 12.2. The number of carbonyl (C=O) groups is 3. The molecule has 2 aromatic rings. The standard InChI is InChI=1S/C20H22ClNO4S/c1-20(2,3)19(25)22-11-15-8-9-17(27-15)16(23)12-26-18(24)10-13-4-6-14(21)7-5-13/h4-9H,10-12H2,1-3H3,(H,22,25). The molecule has 0 aliphatic heterocycles. The van der Waals surface area contributed by atoms with Crippen molar-refractivity contribution in [1.29, 1.82) is 0 Å². The molecule has 1 amide bonds. The molecule has 1 N–H and O–H groups in total. The molecule has 1 heterocycles. The minimum absolute atomic E-state index is 0.0556. The lowest BCUT2D eigenvalue weighted by Gasteiger charge is -2.17. The Kier molecular flexibility index (Phi) is 7.16. The maximum absolute atomic E-state index is 12.2. The number of rotatable bonds is 7. The van der Waals surface area contributed by atoms with Crippen LogP contribution in [0.1, 0.15) is 40.9 Å². The smallest absolute Gasteiger partial charge is 0.310 e. The van der Waals surface area contributed by atoms with Gasteiger partial charge in [-0.25, -0.2) is 0 Å². The summed E-state index contributed by atoms with van der Waals surface area (Å²) in [6, 6.07) is 10.3. The molecule has 0 atom stereocenters. The van der Waals surface area contributed by atoms with E-state index in [1.165, 1.54) is 11.3 Å². The van der Waals surface area contributed by atoms with Crippen LogP contribution in [0.2, 0.25) is 5.02 Å². The Bertz CT molecular complexity index is 821. The highest BCUT2D eigenvalue weighted by Crippen LogP contribution is 2.19. The van der Waals surface area contributed by atoms with Crippen molar-refractivity contribution < 1.29 is 19.1 Å². The monoisotopic (exact) mass is 407 g/mol. The number of halogens is 1. The molecule has 0 radical (unpaired) electrons. The number of carbonyl (C=O) groups excluding carboxylic acids is 3.